The van der Waals surface area contributed by atoms with E-state index in [-0.39, 0.29) is 22.6 Å². The maximum Gasteiger partial charge on any atom is 0.287 e. The Balaban J connectivity index is 2.86. The number of hydrogen-bond acceptors (Lipinski definition) is 5. The van der Waals surface area contributed by atoms with Crippen LogP contribution in [0.2, 0.25) is 5.02 Å². The first-order chi connectivity index (χ1) is 10.0. The van der Waals surface area contributed by atoms with E-state index < -0.39 is 0 Å². The molecule has 0 aliphatic heterocycles. The lowest BCUT2D eigenvalue weighted by atomic mass is 9.83. The first-order valence-corrected chi connectivity index (χ1v) is 7.50. The van der Waals surface area contributed by atoms with Gasteiger partial charge in [-0.1, -0.05) is 25.4 Å². The standard InChI is InChI=1S/C14H24ClN3O3/c1-4-14(5-2,10-19)9-16-11-8-17-18(6-7-21-3)13(20)12(11)15/h8,16,19H,4-7,9-10H2,1-3H3. The minimum atomic E-state index is -0.346. The Morgan fingerprint density at radius 1 is 1.48 bits per heavy atom. The number of anilines is 1. The molecule has 0 aromatic carbocycles. The number of aliphatic hydroxyl groups excluding tert-OH is 1. The van der Waals surface area contributed by atoms with Crippen LogP contribution in [-0.4, -0.2) is 41.8 Å². The van der Waals surface area contributed by atoms with Crippen molar-refractivity contribution in [2.75, 3.05) is 32.2 Å². The Kier molecular flexibility index (Phi) is 7.14. The van der Waals surface area contributed by atoms with Gasteiger partial charge in [0.25, 0.3) is 5.56 Å². The zero-order chi connectivity index (χ0) is 15.9. The number of hydrogen-bond donors (Lipinski definition) is 2. The number of ether oxygens (including phenoxy) is 1. The summed E-state index contributed by atoms with van der Waals surface area (Å²) in [7, 11) is 1.56. The number of nitrogens with one attached hydrogen (secondary N) is 1. The third kappa shape index (κ3) is 4.43. The lowest BCUT2D eigenvalue weighted by Gasteiger charge is -2.30. The van der Waals surface area contributed by atoms with Crippen molar-refractivity contribution in [1.29, 1.82) is 0 Å². The smallest absolute Gasteiger partial charge is 0.287 e. The van der Waals surface area contributed by atoms with Crippen molar-refractivity contribution < 1.29 is 9.84 Å². The normalized spacial score (nSPS) is 11.7. The molecule has 2 N–H and O–H groups in total. The fourth-order valence-electron chi connectivity index (χ4n) is 1.99. The van der Waals surface area contributed by atoms with Crippen LogP contribution in [0.15, 0.2) is 11.0 Å². The quantitative estimate of drug-likeness (QED) is 0.725. The summed E-state index contributed by atoms with van der Waals surface area (Å²) in [5.41, 5.74) is -0.0646. The zero-order valence-corrected chi connectivity index (χ0v) is 13.6. The van der Waals surface area contributed by atoms with Gasteiger partial charge in [0.15, 0.2) is 0 Å². The molecule has 0 radical (unpaired) electrons. The Morgan fingerprint density at radius 3 is 2.67 bits per heavy atom. The third-order valence-corrected chi connectivity index (χ3v) is 4.35. The summed E-state index contributed by atoms with van der Waals surface area (Å²) >= 11 is 6.10. The van der Waals surface area contributed by atoms with Crippen LogP contribution in [0.5, 0.6) is 0 Å². The number of aromatic nitrogens is 2. The lowest BCUT2D eigenvalue weighted by Crippen LogP contribution is -2.33. The van der Waals surface area contributed by atoms with Gasteiger partial charge in [0, 0.05) is 19.1 Å². The molecule has 0 saturated carbocycles. The maximum atomic E-state index is 12.1. The van der Waals surface area contributed by atoms with Crippen molar-refractivity contribution in [3.8, 4) is 0 Å². The average Bonchev–Trinajstić information content (AvgIpc) is 2.52. The van der Waals surface area contributed by atoms with E-state index in [1.54, 1.807) is 7.11 Å². The molecule has 0 spiro atoms. The van der Waals surface area contributed by atoms with E-state index in [2.05, 4.69) is 10.4 Å². The predicted octanol–water partition coefficient (Wildman–Crippen LogP) is 1.75. The molecule has 7 heteroatoms. The molecular weight excluding hydrogens is 294 g/mol. The highest BCUT2D eigenvalue weighted by molar-refractivity contribution is 6.32. The molecule has 0 aliphatic rings. The molecule has 0 fully saturated rings. The van der Waals surface area contributed by atoms with Gasteiger partial charge in [-0.15, -0.1) is 0 Å². The zero-order valence-electron chi connectivity index (χ0n) is 12.9. The van der Waals surface area contributed by atoms with Gasteiger partial charge in [-0.05, 0) is 12.8 Å². The van der Waals surface area contributed by atoms with Gasteiger partial charge in [0.2, 0.25) is 0 Å². The average molecular weight is 318 g/mol. The summed E-state index contributed by atoms with van der Waals surface area (Å²) in [5, 5.41) is 16.9. The van der Waals surface area contributed by atoms with Gasteiger partial charge in [0.05, 0.1) is 31.6 Å². The van der Waals surface area contributed by atoms with Gasteiger partial charge in [-0.3, -0.25) is 4.79 Å². The molecule has 0 saturated heterocycles. The van der Waals surface area contributed by atoms with E-state index in [1.807, 2.05) is 13.8 Å². The van der Waals surface area contributed by atoms with Gasteiger partial charge in [0.1, 0.15) is 5.02 Å². The summed E-state index contributed by atoms with van der Waals surface area (Å²) < 4.78 is 6.19. The highest BCUT2D eigenvalue weighted by Gasteiger charge is 2.25. The van der Waals surface area contributed by atoms with Crippen molar-refractivity contribution in [3.63, 3.8) is 0 Å². The van der Waals surface area contributed by atoms with Crippen LogP contribution in [0.25, 0.3) is 0 Å². The van der Waals surface area contributed by atoms with Crippen LogP contribution >= 0.6 is 11.6 Å². The van der Waals surface area contributed by atoms with Crippen LogP contribution in [-0.2, 0) is 11.3 Å². The van der Waals surface area contributed by atoms with Gasteiger partial charge >= 0.3 is 0 Å². The molecule has 1 aromatic rings. The molecular formula is C14H24ClN3O3. The molecule has 0 aliphatic carbocycles. The van der Waals surface area contributed by atoms with E-state index in [1.165, 1.54) is 10.9 Å². The van der Waals surface area contributed by atoms with E-state index in [0.717, 1.165) is 12.8 Å². The fourth-order valence-corrected chi connectivity index (χ4v) is 2.20. The molecule has 21 heavy (non-hydrogen) atoms. The molecule has 0 amide bonds. The van der Waals surface area contributed by atoms with Crippen LogP contribution in [0, 0.1) is 5.41 Å². The molecule has 120 valence electrons. The van der Waals surface area contributed by atoms with Crippen LogP contribution < -0.4 is 10.9 Å². The summed E-state index contributed by atoms with van der Waals surface area (Å²) in [5.74, 6) is 0. The second-order valence-electron chi connectivity index (χ2n) is 5.11. The number of nitrogens with zero attached hydrogens (tertiary/aromatic N) is 2. The molecule has 1 aromatic heterocycles. The number of rotatable bonds is 9. The van der Waals surface area contributed by atoms with Crippen molar-refractivity contribution in [3.05, 3.63) is 21.6 Å². The van der Waals surface area contributed by atoms with E-state index in [4.69, 9.17) is 16.3 Å². The SMILES string of the molecule is CCC(CC)(CO)CNc1cnn(CCOC)c(=O)c1Cl. The van der Waals surface area contributed by atoms with E-state index in [0.29, 0.717) is 25.4 Å². The number of halogens is 1. The first-order valence-electron chi connectivity index (χ1n) is 7.12. The molecule has 6 nitrogen and oxygen atoms in total. The van der Waals surface area contributed by atoms with Crippen LogP contribution in [0.4, 0.5) is 5.69 Å². The summed E-state index contributed by atoms with van der Waals surface area (Å²) in [6, 6.07) is 0. The Labute approximate surface area is 130 Å². The second-order valence-corrected chi connectivity index (χ2v) is 5.49. The summed E-state index contributed by atoms with van der Waals surface area (Å²) in [6.07, 6.45) is 3.21. The number of methoxy groups -OCH3 is 1. The molecule has 0 unspecified atom stereocenters. The molecule has 1 heterocycles. The minimum Gasteiger partial charge on any atom is -0.396 e. The fraction of sp³-hybridized carbons (Fsp3) is 0.714. The largest absolute Gasteiger partial charge is 0.396 e. The third-order valence-electron chi connectivity index (χ3n) is 3.98. The maximum absolute atomic E-state index is 12.1. The van der Waals surface area contributed by atoms with Gasteiger partial charge < -0.3 is 15.2 Å². The van der Waals surface area contributed by atoms with E-state index in [9.17, 15) is 9.90 Å². The Hall–Kier alpha value is -1.11. The van der Waals surface area contributed by atoms with Crippen molar-refractivity contribution in [2.45, 2.75) is 33.2 Å². The Morgan fingerprint density at radius 2 is 2.14 bits per heavy atom. The van der Waals surface area contributed by atoms with Crippen LogP contribution in [0.3, 0.4) is 0 Å². The minimum absolute atomic E-state index is 0.0863. The van der Waals surface area contributed by atoms with Crippen molar-refractivity contribution >= 4 is 17.3 Å². The summed E-state index contributed by atoms with van der Waals surface area (Å²) in [4.78, 5) is 12.1. The highest BCUT2D eigenvalue weighted by Crippen LogP contribution is 2.27. The van der Waals surface area contributed by atoms with Gasteiger partial charge in [-0.2, -0.15) is 5.10 Å². The van der Waals surface area contributed by atoms with Crippen molar-refractivity contribution in [1.82, 2.24) is 9.78 Å². The molecule has 0 atom stereocenters. The molecule has 0 bridgehead atoms. The van der Waals surface area contributed by atoms with Gasteiger partial charge in [-0.25, -0.2) is 4.68 Å². The van der Waals surface area contributed by atoms with E-state index >= 15 is 0 Å². The number of aliphatic hydroxyl groups is 1. The monoisotopic (exact) mass is 317 g/mol. The predicted molar refractivity (Wildman–Crippen MR) is 84.0 cm³/mol. The second kappa shape index (κ2) is 8.36. The Bertz CT molecular complexity index is 492. The van der Waals surface area contributed by atoms with Crippen molar-refractivity contribution in [2.24, 2.45) is 5.41 Å². The first kappa shape index (κ1) is 17.9. The van der Waals surface area contributed by atoms with Crippen LogP contribution in [0.1, 0.15) is 26.7 Å². The summed E-state index contributed by atoms with van der Waals surface area (Å²) in [6.45, 7) is 5.45. The lowest BCUT2D eigenvalue weighted by molar-refractivity contribution is 0.127. The highest BCUT2D eigenvalue weighted by atomic mass is 35.5. The molecule has 1 rings (SSSR count). The topological polar surface area (TPSA) is 76.4 Å².